The molecular weight excluding hydrogens is 302 g/mol. The van der Waals surface area contributed by atoms with E-state index in [2.05, 4.69) is 27.2 Å². The van der Waals surface area contributed by atoms with Gasteiger partial charge in [-0.05, 0) is 35.4 Å². The molecule has 0 aliphatic heterocycles. The van der Waals surface area contributed by atoms with E-state index < -0.39 is 0 Å². The molecule has 0 spiro atoms. The third-order valence-corrected chi connectivity index (χ3v) is 3.16. The summed E-state index contributed by atoms with van der Waals surface area (Å²) >= 11 is 3.12. The number of benzene rings is 2. The summed E-state index contributed by atoms with van der Waals surface area (Å²) in [7, 11) is 0. The van der Waals surface area contributed by atoms with Crippen LogP contribution in [0.1, 0.15) is 5.56 Å². The lowest BCUT2D eigenvalue weighted by molar-refractivity contribution is -0.113. The number of hydrogen-bond acceptors (Lipinski definition) is 1. The smallest absolute Gasteiger partial charge is 0.235 e. The zero-order valence-corrected chi connectivity index (χ0v) is 11.8. The van der Waals surface area contributed by atoms with Gasteiger partial charge in [-0.1, -0.05) is 46.1 Å². The van der Waals surface area contributed by atoms with Gasteiger partial charge in [-0.25, -0.2) is 0 Å². The van der Waals surface area contributed by atoms with Gasteiger partial charge in [0.15, 0.2) is 0 Å². The summed E-state index contributed by atoms with van der Waals surface area (Å²) in [6.07, 6.45) is 5.33. The quantitative estimate of drug-likeness (QED) is 0.680. The zero-order valence-electron chi connectivity index (χ0n) is 10.2. The van der Waals surface area contributed by atoms with Gasteiger partial charge in [-0.3, -0.25) is 4.79 Å². The SMILES string of the molecule is C#Cc1ccc(-c2cccc(NC(=O)CBr)c2)cc1. The Bertz CT molecular complexity index is 626. The fourth-order valence-electron chi connectivity index (χ4n) is 1.73. The minimum absolute atomic E-state index is 0.0696. The maximum absolute atomic E-state index is 11.3. The predicted molar refractivity (Wildman–Crippen MR) is 82.2 cm³/mol. The van der Waals surface area contributed by atoms with E-state index in [4.69, 9.17) is 6.42 Å². The monoisotopic (exact) mass is 313 g/mol. The standard InChI is InChI=1S/C16H12BrNO/c1-2-12-6-8-13(9-7-12)14-4-3-5-15(10-14)18-16(19)11-17/h1,3-10H,11H2,(H,18,19). The van der Waals surface area contributed by atoms with Crippen LogP contribution in [0.2, 0.25) is 0 Å². The van der Waals surface area contributed by atoms with Crippen LogP contribution in [0.5, 0.6) is 0 Å². The number of halogens is 1. The van der Waals surface area contributed by atoms with Crippen LogP contribution < -0.4 is 5.32 Å². The number of anilines is 1. The normalized spacial score (nSPS) is 9.68. The van der Waals surface area contributed by atoms with E-state index >= 15 is 0 Å². The third kappa shape index (κ3) is 3.46. The summed E-state index contributed by atoms with van der Waals surface area (Å²) in [6.45, 7) is 0. The maximum Gasteiger partial charge on any atom is 0.235 e. The molecule has 0 heterocycles. The van der Waals surface area contributed by atoms with E-state index in [1.165, 1.54) is 0 Å². The van der Waals surface area contributed by atoms with Gasteiger partial charge >= 0.3 is 0 Å². The highest BCUT2D eigenvalue weighted by molar-refractivity contribution is 9.09. The molecule has 0 aromatic heterocycles. The lowest BCUT2D eigenvalue weighted by Crippen LogP contribution is -2.12. The Morgan fingerprint density at radius 3 is 2.53 bits per heavy atom. The second-order valence-electron chi connectivity index (χ2n) is 3.98. The molecule has 1 N–H and O–H groups in total. The first-order valence-electron chi connectivity index (χ1n) is 5.76. The van der Waals surface area contributed by atoms with Crippen molar-refractivity contribution in [1.29, 1.82) is 0 Å². The fourth-order valence-corrected chi connectivity index (χ4v) is 1.87. The molecule has 2 rings (SSSR count). The van der Waals surface area contributed by atoms with Crippen molar-refractivity contribution in [2.75, 3.05) is 10.6 Å². The molecule has 2 aromatic carbocycles. The van der Waals surface area contributed by atoms with Gasteiger partial charge in [-0.15, -0.1) is 6.42 Å². The van der Waals surface area contributed by atoms with Crippen LogP contribution >= 0.6 is 15.9 Å². The summed E-state index contributed by atoms with van der Waals surface area (Å²) in [5.41, 5.74) is 3.74. The van der Waals surface area contributed by atoms with Gasteiger partial charge in [0.25, 0.3) is 0 Å². The fraction of sp³-hybridized carbons (Fsp3) is 0.0625. The summed E-state index contributed by atoms with van der Waals surface area (Å²) in [4.78, 5) is 11.3. The molecule has 0 fully saturated rings. The molecule has 1 amide bonds. The Balaban J connectivity index is 2.27. The lowest BCUT2D eigenvalue weighted by atomic mass is 10.0. The summed E-state index contributed by atoms with van der Waals surface area (Å²) in [5, 5.41) is 3.09. The molecule has 0 aliphatic carbocycles. The number of hydrogen-bond donors (Lipinski definition) is 1. The first-order valence-corrected chi connectivity index (χ1v) is 6.88. The van der Waals surface area contributed by atoms with Crippen LogP contribution in [-0.2, 0) is 4.79 Å². The number of terminal acetylenes is 1. The van der Waals surface area contributed by atoms with Crippen molar-refractivity contribution in [3.05, 3.63) is 54.1 Å². The van der Waals surface area contributed by atoms with Gasteiger partial charge in [-0.2, -0.15) is 0 Å². The van der Waals surface area contributed by atoms with Crippen LogP contribution in [0.3, 0.4) is 0 Å². The van der Waals surface area contributed by atoms with E-state index in [0.717, 1.165) is 22.4 Å². The minimum atomic E-state index is -0.0696. The number of nitrogens with one attached hydrogen (secondary N) is 1. The molecule has 19 heavy (non-hydrogen) atoms. The van der Waals surface area contributed by atoms with E-state index in [1.807, 2.05) is 48.5 Å². The topological polar surface area (TPSA) is 29.1 Å². The first-order chi connectivity index (χ1) is 9.22. The number of carbonyl (C=O) groups excluding carboxylic acids is 1. The van der Waals surface area contributed by atoms with E-state index in [-0.39, 0.29) is 11.2 Å². The Morgan fingerprint density at radius 2 is 1.89 bits per heavy atom. The highest BCUT2D eigenvalue weighted by Crippen LogP contribution is 2.23. The molecule has 0 atom stereocenters. The minimum Gasteiger partial charge on any atom is -0.325 e. The van der Waals surface area contributed by atoms with Crippen molar-refractivity contribution in [3.8, 4) is 23.5 Å². The predicted octanol–water partition coefficient (Wildman–Crippen LogP) is 3.67. The van der Waals surface area contributed by atoms with Crippen LogP contribution in [0, 0.1) is 12.3 Å². The molecule has 0 bridgehead atoms. The Kier molecular flexibility index (Phi) is 4.38. The second-order valence-corrected chi connectivity index (χ2v) is 4.55. The number of rotatable bonds is 3. The number of carbonyl (C=O) groups is 1. The van der Waals surface area contributed by atoms with Crippen molar-refractivity contribution >= 4 is 27.5 Å². The zero-order chi connectivity index (χ0) is 13.7. The molecule has 2 nitrogen and oxygen atoms in total. The Labute approximate surface area is 121 Å². The number of alkyl halides is 1. The second kappa shape index (κ2) is 6.21. The van der Waals surface area contributed by atoms with Crippen molar-refractivity contribution in [3.63, 3.8) is 0 Å². The van der Waals surface area contributed by atoms with Crippen LogP contribution in [0.15, 0.2) is 48.5 Å². The molecule has 0 saturated heterocycles. The molecule has 94 valence electrons. The average molecular weight is 314 g/mol. The van der Waals surface area contributed by atoms with Gasteiger partial charge < -0.3 is 5.32 Å². The first kappa shape index (κ1) is 13.4. The van der Waals surface area contributed by atoms with Gasteiger partial charge in [0.1, 0.15) is 0 Å². The summed E-state index contributed by atoms with van der Waals surface area (Å²) in [5.74, 6) is 2.52. The Morgan fingerprint density at radius 1 is 1.16 bits per heavy atom. The van der Waals surface area contributed by atoms with E-state index in [1.54, 1.807) is 0 Å². The summed E-state index contributed by atoms with van der Waals surface area (Å²) in [6, 6.07) is 15.5. The van der Waals surface area contributed by atoms with E-state index in [9.17, 15) is 4.79 Å². The van der Waals surface area contributed by atoms with Gasteiger partial charge in [0.05, 0.1) is 5.33 Å². The molecule has 2 aromatic rings. The highest BCUT2D eigenvalue weighted by atomic mass is 79.9. The van der Waals surface area contributed by atoms with Crippen molar-refractivity contribution in [2.45, 2.75) is 0 Å². The number of amides is 1. The van der Waals surface area contributed by atoms with Crippen LogP contribution in [0.25, 0.3) is 11.1 Å². The highest BCUT2D eigenvalue weighted by Gasteiger charge is 2.02. The largest absolute Gasteiger partial charge is 0.325 e. The van der Waals surface area contributed by atoms with Crippen LogP contribution in [0.4, 0.5) is 5.69 Å². The van der Waals surface area contributed by atoms with E-state index in [0.29, 0.717) is 0 Å². The maximum atomic E-state index is 11.3. The van der Waals surface area contributed by atoms with Gasteiger partial charge in [0, 0.05) is 11.3 Å². The van der Waals surface area contributed by atoms with Crippen LogP contribution in [-0.4, -0.2) is 11.2 Å². The third-order valence-electron chi connectivity index (χ3n) is 2.65. The van der Waals surface area contributed by atoms with Crippen molar-refractivity contribution in [2.24, 2.45) is 0 Å². The summed E-state index contributed by atoms with van der Waals surface area (Å²) < 4.78 is 0. The molecule has 0 saturated carbocycles. The van der Waals surface area contributed by atoms with Gasteiger partial charge in [0.2, 0.25) is 5.91 Å². The average Bonchev–Trinajstić information content (AvgIpc) is 2.47. The molecule has 0 unspecified atom stereocenters. The molecule has 0 aliphatic rings. The molecule has 0 radical (unpaired) electrons. The van der Waals surface area contributed by atoms with Crippen molar-refractivity contribution < 1.29 is 4.79 Å². The molecular formula is C16H12BrNO. The lowest BCUT2D eigenvalue weighted by Gasteiger charge is -2.06. The van der Waals surface area contributed by atoms with Crippen molar-refractivity contribution in [1.82, 2.24) is 0 Å². The molecule has 3 heteroatoms. The Hall–Kier alpha value is -2.05.